The zero-order valence-corrected chi connectivity index (χ0v) is 10.4. The first kappa shape index (κ1) is 13.7. The van der Waals surface area contributed by atoms with Crippen LogP contribution in [0.5, 0.6) is 0 Å². The third-order valence-corrected chi connectivity index (χ3v) is 2.43. The number of amides is 1. The number of aliphatic hydroxyl groups is 1. The molecule has 0 saturated heterocycles. The first-order valence-corrected chi connectivity index (χ1v) is 5.85. The summed E-state index contributed by atoms with van der Waals surface area (Å²) in [4.78, 5) is 11.6. The van der Waals surface area contributed by atoms with E-state index in [0.717, 1.165) is 11.3 Å². The van der Waals surface area contributed by atoms with E-state index in [1.807, 2.05) is 24.3 Å². The smallest absolute Gasteiger partial charge is 0.238 e. The number of hydrogen-bond donors (Lipinski definition) is 3. The van der Waals surface area contributed by atoms with E-state index in [9.17, 15) is 4.79 Å². The molecule has 0 aliphatic rings. The van der Waals surface area contributed by atoms with Crippen LogP contribution in [0.25, 0.3) is 0 Å². The minimum atomic E-state index is -0.0912. The van der Waals surface area contributed by atoms with Crippen LogP contribution in [-0.4, -0.2) is 30.7 Å². The molecule has 0 atom stereocenters. The fourth-order valence-electron chi connectivity index (χ4n) is 1.59. The second-order valence-electron chi connectivity index (χ2n) is 4.19. The number of anilines is 1. The Kier molecular flexibility index (Phi) is 5.66. The van der Waals surface area contributed by atoms with Gasteiger partial charge in [-0.25, -0.2) is 0 Å². The van der Waals surface area contributed by atoms with Crippen LogP contribution in [0.15, 0.2) is 24.3 Å². The Morgan fingerprint density at radius 2 is 2.06 bits per heavy atom. The zero-order chi connectivity index (χ0) is 12.7. The molecule has 1 amide bonds. The van der Waals surface area contributed by atoms with Gasteiger partial charge in [0.05, 0.1) is 13.2 Å². The number of carbonyl (C=O) groups excluding carboxylic acids is 1. The highest BCUT2D eigenvalue weighted by molar-refractivity contribution is 5.93. The number of benzene rings is 1. The highest BCUT2D eigenvalue weighted by Gasteiger charge is 2.08. The average molecular weight is 236 g/mol. The molecule has 4 nitrogen and oxygen atoms in total. The van der Waals surface area contributed by atoms with Gasteiger partial charge >= 0.3 is 0 Å². The van der Waals surface area contributed by atoms with Crippen LogP contribution in [0.2, 0.25) is 0 Å². The standard InChI is InChI=1S/C13H20N2O2/c1-10(2)11-5-3-4-6-12(11)15-13(17)9-14-7-8-16/h3-6,10,14,16H,7-9H2,1-2H3,(H,15,17). The van der Waals surface area contributed by atoms with Gasteiger partial charge in [0.1, 0.15) is 0 Å². The molecule has 3 N–H and O–H groups in total. The average Bonchev–Trinajstić information content (AvgIpc) is 2.29. The summed E-state index contributed by atoms with van der Waals surface area (Å²) in [6.07, 6.45) is 0. The van der Waals surface area contributed by atoms with Gasteiger partial charge in [-0.15, -0.1) is 0 Å². The van der Waals surface area contributed by atoms with E-state index in [0.29, 0.717) is 12.5 Å². The highest BCUT2D eigenvalue weighted by Crippen LogP contribution is 2.23. The summed E-state index contributed by atoms with van der Waals surface area (Å²) in [6, 6.07) is 7.79. The SMILES string of the molecule is CC(C)c1ccccc1NC(=O)CNCCO. The van der Waals surface area contributed by atoms with E-state index in [1.165, 1.54) is 0 Å². The van der Waals surface area contributed by atoms with E-state index in [2.05, 4.69) is 24.5 Å². The van der Waals surface area contributed by atoms with Gasteiger partial charge in [-0.05, 0) is 17.5 Å². The van der Waals surface area contributed by atoms with Gasteiger partial charge in [0.25, 0.3) is 0 Å². The predicted molar refractivity (Wildman–Crippen MR) is 69.1 cm³/mol. The van der Waals surface area contributed by atoms with E-state index in [1.54, 1.807) is 0 Å². The van der Waals surface area contributed by atoms with Crippen molar-refractivity contribution < 1.29 is 9.90 Å². The van der Waals surface area contributed by atoms with Crippen LogP contribution >= 0.6 is 0 Å². The molecule has 94 valence electrons. The Hall–Kier alpha value is -1.39. The predicted octanol–water partition coefficient (Wildman–Crippen LogP) is 1.33. The normalized spacial score (nSPS) is 10.6. The number of rotatable bonds is 6. The maximum Gasteiger partial charge on any atom is 0.238 e. The van der Waals surface area contributed by atoms with Crippen LogP contribution in [0.4, 0.5) is 5.69 Å². The van der Waals surface area contributed by atoms with Gasteiger partial charge in [-0.1, -0.05) is 32.0 Å². The topological polar surface area (TPSA) is 61.4 Å². The van der Waals surface area contributed by atoms with E-state index in [-0.39, 0.29) is 19.1 Å². The lowest BCUT2D eigenvalue weighted by Crippen LogP contribution is -2.30. The third kappa shape index (κ3) is 4.54. The largest absolute Gasteiger partial charge is 0.395 e. The Bertz CT molecular complexity index is 364. The van der Waals surface area contributed by atoms with Crippen LogP contribution in [0.3, 0.4) is 0 Å². The molecule has 0 aliphatic heterocycles. The molecular formula is C13H20N2O2. The number of carbonyl (C=O) groups is 1. The Morgan fingerprint density at radius 1 is 1.35 bits per heavy atom. The summed E-state index contributed by atoms with van der Waals surface area (Å²) >= 11 is 0. The van der Waals surface area contributed by atoms with Crippen LogP contribution < -0.4 is 10.6 Å². The Morgan fingerprint density at radius 3 is 2.71 bits per heavy atom. The highest BCUT2D eigenvalue weighted by atomic mass is 16.3. The number of hydrogen-bond acceptors (Lipinski definition) is 3. The van der Waals surface area contributed by atoms with Gasteiger partial charge in [0.15, 0.2) is 0 Å². The molecule has 1 aromatic carbocycles. The van der Waals surface area contributed by atoms with Gasteiger partial charge in [-0.3, -0.25) is 4.79 Å². The molecule has 0 aromatic heterocycles. The van der Waals surface area contributed by atoms with E-state index >= 15 is 0 Å². The van der Waals surface area contributed by atoms with Gasteiger partial charge < -0.3 is 15.7 Å². The molecule has 0 aliphatic carbocycles. The Balaban J connectivity index is 2.58. The van der Waals surface area contributed by atoms with Crippen molar-refractivity contribution in [1.82, 2.24) is 5.32 Å². The molecular weight excluding hydrogens is 216 g/mol. The summed E-state index contributed by atoms with van der Waals surface area (Å²) in [5.41, 5.74) is 1.99. The second kappa shape index (κ2) is 7.04. The Labute approximate surface area is 102 Å². The lowest BCUT2D eigenvalue weighted by Gasteiger charge is -2.13. The summed E-state index contributed by atoms with van der Waals surface area (Å²) < 4.78 is 0. The van der Waals surface area contributed by atoms with Crippen molar-refractivity contribution in [3.8, 4) is 0 Å². The molecule has 0 fully saturated rings. The molecule has 1 rings (SSSR count). The molecule has 0 radical (unpaired) electrons. The van der Waals surface area contributed by atoms with Crippen molar-refractivity contribution in [3.63, 3.8) is 0 Å². The van der Waals surface area contributed by atoms with Gasteiger partial charge in [0, 0.05) is 12.2 Å². The maximum absolute atomic E-state index is 11.6. The minimum absolute atomic E-state index is 0.0376. The fraction of sp³-hybridized carbons (Fsp3) is 0.462. The fourth-order valence-corrected chi connectivity index (χ4v) is 1.59. The van der Waals surface area contributed by atoms with Crippen molar-refractivity contribution in [2.24, 2.45) is 0 Å². The molecule has 1 aromatic rings. The van der Waals surface area contributed by atoms with Crippen molar-refractivity contribution in [3.05, 3.63) is 29.8 Å². The third-order valence-electron chi connectivity index (χ3n) is 2.43. The molecule has 4 heteroatoms. The van der Waals surface area contributed by atoms with E-state index < -0.39 is 0 Å². The molecule has 0 spiro atoms. The van der Waals surface area contributed by atoms with Crippen molar-refractivity contribution >= 4 is 11.6 Å². The molecule has 0 saturated carbocycles. The summed E-state index contributed by atoms with van der Waals surface area (Å²) in [7, 11) is 0. The number of para-hydroxylation sites is 1. The zero-order valence-electron chi connectivity index (χ0n) is 10.4. The number of nitrogens with one attached hydrogen (secondary N) is 2. The lowest BCUT2D eigenvalue weighted by molar-refractivity contribution is -0.115. The first-order valence-electron chi connectivity index (χ1n) is 5.85. The maximum atomic E-state index is 11.6. The quantitative estimate of drug-likeness (QED) is 0.653. The van der Waals surface area contributed by atoms with Crippen LogP contribution in [0, 0.1) is 0 Å². The molecule has 0 bridgehead atoms. The summed E-state index contributed by atoms with van der Waals surface area (Å²) in [5, 5.41) is 14.3. The molecule has 0 unspecified atom stereocenters. The van der Waals surface area contributed by atoms with Crippen LogP contribution in [-0.2, 0) is 4.79 Å². The van der Waals surface area contributed by atoms with Crippen molar-refractivity contribution in [1.29, 1.82) is 0 Å². The monoisotopic (exact) mass is 236 g/mol. The minimum Gasteiger partial charge on any atom is -0.395 e. The first-order chi connectivity index (χ1) is 8.15. The van der Waals surface area contributed by atoms with Crippen molar-refractivity contribution in [2.45, 2.75) is 19.8 Å². The summed E-state index contributed by atoms with van der Waals surface area (Å²) in [6.45, 7) is 4.87. The van der Waals surface area contributed by atoms with Crippen molar-refractivity contribution in [2.75, 3.05) is 25.0 Å². The van der Waals surface area contributed by atoms with E-state index in [4.69, 9.17) is 5.11 Å². The lowest BCUT2D eigenvalue weighted by atomic mass is 10.0. The van der Waals surface area contributed by atoms with Gasteiger partial charge in [0.2, 0.25) is 5.91 Å². The summed E-state index contributed by atoms with van der Waals surface area (Å²) in [5.74, 6) is 0.281. The van der Waals surface area contributed by atoms with Gasteiger partial charge in [-0.2, -0.15) is 0 Å². The van der Waals surface area contributed by atoms with Crippen LogP contribution in [0.1, 0.15) is 25.3 Å². The second-order valence-corrected chi connectivity index (χ2v) is 4.19. The molecule has 0 heterocycles. The number of aliphatic hydroxyl groups excluding tert-OH is 1. The molecule has 17 heavy (non-hydrogen) atoms.